The lowest BCUT2D eigenvalue weighted by molar-refractivity contribution is -0.147. The lowest BCUT2D eigenvalue weighted by atomic mass is 10.2. The summed E-state index contributed by atoms with van der Waals surface area (Å²) < 4.78 is 12.4. The zero-order valence-electron chi connectivity index (χ0n) is 17.0. The summed E-state index contributed by atoms with van der Waals surface area (Å²) in [5.74, 6) is -0.591. The average molecular weight is 431 g/mol. The number of aromatic nitrogens is 3. The summed E-state index contributed by atoms with van der Waals surface area (Å²) in [7, 11) is 0. The van der Waals surface area contributed by atoms with Crippen molar-refractivity contribution in [1.82, 2.24) is 19.9 Å². The Bertz CT molecular complexity index is 1030. The molecule has 158 valence electrons. The SMILES string of the molecule is CC(C)(C)OC(=O)N[C@@H](Cn1ccc2c(Cl)ncnc21)C(=O)OCc1ccccc1. The molecule has 0 saturated carbocycles. The van der Waals surface area contributed by atoms with Gasteiger partial charge in [0.25, 0.3) is 0 Å². The molecule has 0 saturated heterocycles. The Morgan fingerprint density at radius 2 is 1.90 bits per heavy atom. The van der Waals surface area contributed by atoms with E-state index in [1.54, 1.807) is 37.6 Å². The number of carbonyl (C=O) groups is 2. The lowest BCUT2D eigenvalue weighted by Gasteiger charge is -2.23. The van der Waals surface area contributed by atoms with Gasteiger partial charge in [-0.15, -0.1) is 0 Å². The van der Waals surface area contributed by atoms with E-state index >= 15 is 0 Å². The van der Waals surface area contributed by atoms with Crippen molar-refractivity contribution in [2.75, 3.05) is 0 Å². The van der Waals surface area contributed by atoms with Crippen molar-refractivity contribution >= 4 is 34.7 Å². The van der Waals surface area contributed by atoms with Gasteiger partial charge in [-0.1, -0.05) is 41.9 Å². The lowest BCUT2D eigenvalue weighted by Crippen LogP contribution is -2.46. The molecule has 2 aromatic heterocycles. The number of esters is 1. The fourth-order valence-electron chi connectivity index (χ4n) is 2.78. The van der Waals surface area contributed by atoms with Crippen LogP contribution in [0.25, 0.3) is 11.0 Å². The molecule has 1 N–H and O–H groups in total. The number of ether oxygens (including phenoxy) is 2. The second kappa shape index (κ2) is 9.13. The second-order valence-electron chi connectivity index (χ2n) is 7.66. The standard InChI is InChI=1S/C21H23ClN4O4/c1-21(2,3)30-20(28)25-16(19(27)29-12-14-7-5-4-6-8-14)11-26-10-9-15-17(22)23-13-24-18(15)26/h4-10,13,16H,11-12H2,1-3H3,(H,25,28)/t16-/m0/s1. The van der Waals surface area contributed by atoms with Crippen molar-refractivity contribution in [2.24, 2.45) is 0 Å². The van der Waals surface area contributed by atoms with E-state index in [1.807, 2.05) is 30.3 Å². The minimum atomic E-state index is -0.993. The molecule has 8 nitrogen and oxygen atoms in total. The molecule has 1 amide bonds. The third-order valence-corrected chi connectivity index (χ3v) is 4.39. The first kappa shape index (κ1) is 21.6. The summed E-state index contributed by atoms with van der Waals surface area (Å²) in [4.78, 5) is 33.2. The summed E-state index contributed by atoms with van der Waals surface area (Å²) in [6.07, 6.45) is 2.35. The molecule has 3 aromatic rings. The molecular weight excluding hydrogens is 408 g/mol. The Balaban J connectivity index is 1.78. The molecule has 0 radical (unpaired) electrons. The third kappa shape index (κ3) is 5.70. The summed E-state index contributed by atoms with van der Waals surface area (Å²) in [5, 5.41) is 3.55. The van der Waals surface area contributed by atoms with Crippen LogP contribution in [0.2, 0.25) is 5.15 Å². The van der Waals surface area contributed by atoms with E-state index in [2.05, 4.69) is 15.3 Å². The van der Waals surface area contributed by atoms with Gasteiger partial charge in [-0.25, -0.2) is 19.6 Å². The first-order valence-corrected chi connectivity index (χ1v) is 9.76. The molecule has 0 bridgehead atoms. The number of benzene rings is 1. The number of nitrogens with zero attached hydrogens (tertiary/aromatic N) is 3. The van der Waals surface area contributed by atoms with Crippen LogP contribution in [0.15, 0.2) is 48.9 Å². The first-order chi connectivity index (χ1) is 14.2. The fourth-order valence-corrected chi connectivity index (χ4v) is 2.97. The van der Waals surface area contributed by atoms with Gasteiger partial charge in [-0.3, -0.25) is 0 Å². The maximum absolute atomic E-state index is 12.8. The Morgan fingerprint density at radius 1 is 1.17 bits per heavy atom. The molecule has 0 aliphatic heterocycles. The highest BCUT2D eigenvalue weighted by atomic mass is 35.5. The average Bonchev–Trinajstić information content (AvgIpc) is 3.09. The molecule has 3 rings (SSSR count). The molecule has 0 spiro atoms. The zero-order chi connectivity index (χ0) is 21.7. The number of hydrogen-bond acceptors (Lipinski definition) is 6. The van der Waals surface area contributed by atoms with Gasteiger partial charge in [0.05, 0.1) is 11.9 Å². The molecule has 0 unspecified atom stereocenters. The van der Waals surface area contributed by atoms with Crippen molar-refractivity contribution in [2.45, 2.75) is 45.6 Å². The highest BCUT2D eigenvalue weighted by Gasteiger charge is 2.27. The van der Waals surface area contributed by atoms with Crippen LogP contribution in [0.5, 0.6) is 0 Å². The van der Waals surface area contributed by atoms with Crippen LogP contribution in [-0.2, 0) is 27.4 Å². The number of alkyl carbamates (subject to hydrolysis) is 1. The van der Waals surface area contributed by atoms with E-state index in [1.165, 1.54) is 6.33 Å². The van der Waals surface area contributed by atoms with Crippen LogP contribution >= 0.6 is 11.6 Å². The summed E-state index contributed by atoms with van der Waals surface area (Å²) in [6, 6.07) is 10.0. The Labute approximate surface area is 179 Å². The van der Waals surface area contributed by atoms with E-state index in [-0.39, 0.29) is 13.2 Å². The topological polar surface area (TPSA) is 95.3 Å². The largest absolute Gasteiger partial charge is 0.459 e. The van der Waals surface area contributed by atoms with Crippen molar-refractivity contribution in [1.29, 1.82) is 0 Å². The van der Waals surface area contributed by atoms with Crippen molar-refractivity contribution in [3.8, 4) is 0 Å². The number of carbonyl (C=O) groups excluding carboxylic acids is 2. The maximum Gasteiger partial charge on any atom is 0.408 e. The van der Waals surface area contributed by atoms with Crippen molar-refractivity contribution < 1.29 is 19.1 Å². The number of amides is 1. The quantitative estimate of drug-likeness (QED) is 0.473. The Morgan fingerprint density at radius 3 is 2.60 bits per heavy atom. The number of fused-ring (bicyclic) bond motifs is 1. The minimum absolute atomic E-state index is 0.0870. The van der Waals surface area contributed by atoms with Gasteiger partial charge in [-0.05, 0) is 32.4 Å². The molecule has 2 heterocycles. The maximum atomic E-state index is 12.8. The van der Waals surface area contributed by atoms with E-state index < -0.39 is 23.7 Å². The number of hydrogen-bond donors (Lipinski definition) is 1. The smallest absolute Gasteiger partial charge is 0.408 e. The highest BCUT2D eigenvalue weighted by molar-refractivity contribution is 6.33. The number of nitrogens with one attached hydrogen (secondary N) is 1. The molecular formula is C21H23ClN4O4. The van der Waals surface area contributed by atoms with Gasteiger partial charge in [0.1, 0.15) is 35.4 Å². The predicted octanol–water partition coefficient (Wildman–Crippen LogP) is 3.72. The van der Waals surface area contributed by atoms with Gasteiger partial charge in [-0.2, -0.15) is 0 Å². The summed E-state index contributed by atoms with van der Waals surface area (Å²) in [5.41, 5.74) is 0.679. The highest BCUT2D eigenvalue weighted by Crippen LogP contribution is 2.20. The monoisotopic (exact) mass is 430 g/mol. The van der Waals surface area contributed by atoms with Crippen LogP contribution < -0.4 is 5.32 Å². The minimum Gasteiger partial charge on any atom is -0.459 e. The molecule has 0 aliphatic carbocycles. The second-order valence-corrected chi connectivity index (χ2v) is 8.02. The molecule has 0 fully saturated rings. The van der Waals surface area contributed by atoms with Crippen LogP contribution in [0.1, 0.15) is 26.3 Å². The summed E-state index contributed by atoms with van der Waals surface area (Å²) in [6.45, 7) is 5.41. The molecule has 9 heteroatoms. The van der Waals surface area contributed by atoms with Gasteiger partial charge in [0.2, 0.25) is 0 Å². The molecule has 30 heavy (non-hydrogen) atoms. The summed E-state index contributed by atoms with van der Waals surface area (Å²) >= 11 is 6.10. The molecule has 1 aromatic carbocycles. The van der Waals surface area contributed by atoms with Gasteiger partial charge in [0, 0.05) is 6.20 Å². The molecule has 0 aliphatic rings. The van der Waals surface area contributed by atoms with Gasteiger partial charge < -0.3 is 19.4 Å². The van der Waals surface area contributed by atoms with Crippen LogP contribution in [0.3, 0.4) is 0 Å². The van der Waals surface area contributed by atoms with Crippen LogP contribution in [0, 0.1) is 0 Å². The van der Waals surface area contributed by atoms with Gasteiger partial charge in [0.15, 0.2) is 0 Å². The molecule has 1 atom stereocenters. The van der Waals surface area contributed by atoms with E-state index in [0.717, 1.165) is 5.56 Å². The van der Waals surface area contributed by atoms with Crippen LogP contribution in [-0.4, -0.2) is 38.2 Å². The van der Waals surface area contributed by atoms with E-state index in [0.29, 0.717) is 16.2 Å². The van der Waals surface area contributed by atoms with Crippen LogP contribution in [0.4, 0.5) is 4.79 Å². The van der Waals surface area contributed by atoms with Crippen molar-refractivity contribution in [3.63, 3.8) is 0 Å². The van der Waals surface area contributed by atoms with E-state index in [9.17, 15) is 9.59 Å². The predicted molar refractivity (Wildman–Crippen MR) is 112 cm³/mol. The first-order valence-electron chi connectivity index (χ1n) is 9.38. The van der Waals surface area contributed by atoms with Gasteiger partial charge >= 0.3 is 12.1 Å². The number of rotatable bonds is 6. The van der Waals surface area contributed by atoms with Crippen molar-refractivity contribution in [3.05, 3.63) is 59.6 Å². The Kier molecular flexibility index (Phi) is 6.56. The fraction of sp³-hybridized carbons (Fsp3) is 0.333. The normalized spacial score (nSPS) is 12.4. The Hall–Kier alpha value is -3.13. The third-order valence-electron chi connectivity index (χ3n) is 4.09. The zero-order valence-corrected chi connectivity index (χ0v) is 17.7. The number of halogens is 1. The van der Waals surface area contributed by atoms with E-state index in [4.69, 9.17) is 21.1 Å².